The average Bonchev–Trinajstić information content (AvgIpc) is 3.34. The van der Waals surface area contributed by atoms with Gasteiger partial charge in [-0.15, -0.1) is 0 Å². The number of benzene rings is 1. The molecule has 1 aromatic carbocycles. The number of ether oxygens (including phenoxy) is 2. The lowest BCUT2D eigenvalue weighted by Gasteiger charge is -2.31. The maximum Gasteiger partial charge on any atom is 0.271 e. The molecule has 0 radical (unpaired) electrons. The van der Waals surface area contributed by atoms with Gasteiger partial charge in [0.2, 0.25) is 5.91 Å². The molecule has 0 saturated carbocycles. The number of piperidine rings is 1. The minimum absolute atomic E-state index is 0.110. The quantitative estimate of drug-likeness (QED) is 0.655. The molecule has 3 aromatic rings. The van der Waals surface area contributed by atoms with Crippen LogP contribution in [-0.2, 0) is 4.79 Å². The van der Waals surface area contributed by atoms with Crippen molar-refractivity contribution in [3.8, 4) is 22.8 Å². The highest BCUT2D eigenvalue weighted by Crippen LogP contribution is 2.33. The first-order valence-electron chi connectivity index (χ1n) is 10.6. The van der Waals surface area contributed by atoms with E-state index in [0.29, 0.717) is 54.9 Å². The molecule has 1 fully saturated rings. The van der Waals surface area contributed by atoms with Gasteiger partial charge in [0.05, 0.1) is 11.6 Å². The number of nitrogens with zero attached hydrogens (tertiary/aromatic N) is 3. The number of carbonyl (C=O) groups excluding carboxylic acids is 2. The minimum Gasteiger partial charge on any atom is -0.486 e. The number of hydrogen-bond donors (Lipinski definition) is 2. The van der Waals surface area contributed by atoms with Crippen molar-refractivity contribution in [2.75, 3.05) is 31.6 Å². The molecule has 0 unspecified atom stereocenters. The monoisotopic (exact) mass is 433 g/mol. The van der Waals surface area contributed by atoms with E-state index < -0.39 is 0 Å². The molecule has 2 aromatic heterocycles. The van der Waals surface area contributed by atoms with Gasteiger partial charge in [0.1, 0.15) is 18.9 Å². The fourth-order valence-corrected chi connectivity index (χ4v) is 4.01. The number of aromatic amines is 1. The first-order valence-corrected chi connectivity index (χ1v) is 10.6. The summed E-state index contributed by atoms with van der Waals surface area (Å²) in [6.07, 6.45) is 4.85. The summed E-state index contributed by atoms with van der Waals surface area (Å²) in [5.41, 5.74) is 2.62. The molecule has 9 heteroatoms. The summed E-state index contributed by atoms with van der Waals surface area (Å²) in [5, 5.41) is 10.0. The third-order valence-corrected chi connectivity index (χ3v) is 5.67. The van der Waals surface area contributed by atoms with Crippen LogP contribution in [0.25, 0.3) is 11.3 Å². The maximum absolute atomic E-state index is 13.0. The summed E-state index contributed by atoms with van der Waals surface area (Å²) in [7, 11) is 0. The number of carbonyl (C=O) groups is 2. The van der Waals surface area contributed by atoms with E-state index in [0.717, 1.165) is 18.4 Å². The second-order valence-electron chi connectivity index (χ2n) is 7.84. The molecule has 4 heterocycles. The Hall–Kier alpha value is -3.88. The van der Waals surface area contributed by atoms with Crippen LogP contribution in [0.5, 0.6) is 11.5 Å². The fraction of sp³-hybridized carbons (Fsp3) is 0.304. The number of fused-ring (bicyclic) bond motifs is 1. The summed E-state index contributed by atoms with van der Waals surface area (Å²) in [6, 6.07) is 10.8. The third kappa shape index (κ3) is 4.14. The normalized spacial score (nSPS) is 17.6. The second kappa shape index (κ2) is 8.70. The lowest BCUT2D eigenvalue weighted by atomic mass is 9.96. The van der Waals surface area contributed by atoms with Crippen LogP contribution >= 0.6 is 0 Å². The smallest absolute Gasteiger partial charge is 0.271 e. The van der Waals surface area contributed by atoms with Crippen molar-refractivity contribution in [2.24, 2.45) is 5.92 Å². The van der Waals surface area contributed by atoms with Gasteiger partial charge in [0.25, 0.3) is 5.91 Å². The van der Waals surface area contributed by atoms with Crippen LogP contribution in [0, 0.1) is 5.92 Å². The third-order valence-electron chi connectivity index (χ3n) is 5.67. The van der Waals surface area contributed by atoms with Gasteiger partial charge in [-0.05, 0) is 43.2 Å². The van der Waals surface area contributed by atoms with Crippen LogP contribution < -0.4 is 14.8 Å². The molecule has 2 aliphatic rings. The largest absolute Gasteiger partial charge is 0.486 e. The van der Waals surface area contributed by atoms with Crippen LogP contribution in [0.3, 0.4) is 0 Å². The molecule has 32 heavy (non-hydrogen) atoms. The van der Waals surface area contributed by atoms with E-state index >= 15 is 0 Å². The van der Waals surface area contributed by atoms with Gasteiger partial charge in [-0.2, -0.15) is 5.10 Å². The number of hydrogen-bond acceptors (Lipinski definition) is 6. The molecular formula is C23H23N5O4. The number of rotatable bonds is 4. The highest BCUT2D eigenvalue weighted by atomic mass is 16.6. The van der Waals surface area contributed by atoms with E-state index in [9.17, 15) is 9.59 Å². The summed E-state index contributed by atoms with van der Waals surface area (Å²) in [5.74, 6) is 0.743. The van der Waals surface area contributed by atoms with Crippen molar-refractivity contribution in [1.82, 2.24) is 20.1 Å². The van der Waals surface area contributed by atoms with E-state index in [1.165, 1.54) is 0 Å². The summed E-state index contributed by atoms with van der Waals surface area (Å²) in [6.45, 7) is 1.97. The minimum atomic E-state index is -0.288. The Morgan fingerprint density at radius 1 is 1.06 bits per heavy atom. The Kier molecular flexibility index (Phi) is 5.45. The number of H-pyrrole nitrogens is 1. The predicted octanol–water partition coefficient (Wildman–Crippen LogP) is 2.73. The summed E-state index contributed by atoms with van der Waals surface area (Å²) < 4.78 is 11.1. The lowest BCUT2D eigenvalue weighted by molar-refractivity contribution is -0.121. The molecule has 2 N–H and O–H groups in total. The molecule has 5 rings (SSSR count). The molecule has 0 aliphatic carbocycles. The van der Waals surface area contributed by atoms with Crippen molar-refractivity contribution < 1.29 is 19.1 Å². The van der Waals surface area contributed by atoms with Crippen LogP contribution in [-0.4, -0.2) is 58.2 Å². The average molecular weight is 433 g/mol. The van der Waals surface area contributed by atoms with Gasteiger partial charge >= 0.3 is 0 Å². The highest BCUT2D eigenvalue weighted by Gasteiger charge is 2.30. The second-order valence-corrected chi connectivity index (χ2v) is 7.84. The Labute approximate surface area is 184 Å². The number of anilines is 1. The van der Waals surface area contributed by atoms with E-state index in [4.69, 9.17) is 9.47 Å². The van der Waals surface area contributed by atoms with Gasteiger partial charge in [0, 0.05) is 42.8 Å². The molecule has 2 amide bonds. The number of pyridine rings is 1. The number of nitrogens with one attached hydrogen (secondary N) is 2. The van der Waals surface area contributed by atoms with Crippen LogP contribution in [0.4, 0.5) is 5.69 Å². The van der Waals surface area contributed by atoms with E-state index in [2.05, 4.69) is 20.5 Å². The molecule has 9 nitrogen and oxygen atoms in total. The van der Waals surface area contributed by atoms with Gasteiger partial charge in [-0.3, -0.25) is 19.7 Å². The standard InChI is InChI=1S/C23H23N5O4/c29-22(25-17-3-4-20-21(12-17)32-11-10-31-20)16-2-1-9-28(14-16)23(30)19-13-18(26-27-19)15-5-7-24-8-6-15/h3-8,12-13,16H,1-2,9-11,14H2,(H,25,29)(H,26,27)/t16-/m1/s1. The van der Waals surface area contributed by atoms with Crippen molar-refractivity contribution in [1.29, 1.82) is 0 Å². The predicted molar refractivity (Wildman–Crippen MR) is 117 cm³/mol. The highest BCUT2D eigenvalue weighted by molar-refractivity contribution is 5.96. The van der Waals surface area contributed by atoms with Crippen LogP contribution in [0.2, 0.25) is 0 Å². The molecule has 2 aliphatic heterocycles. The Balaban J connectivity index is 1.24. The first kappa shape index (κ1) is 20.0. The first-order chi connectivity index (χ1) is 15.7. The maximum atomic E-state index is 13.0. The Morgan fingerprint density at radius 2 is 1.88 bits per heavy atom. The molecule has 0 spiro atoms. The van der Waals surface area contributed by atoms with Gasteiger partial charge in [-0.1, -0.05) is 0 Å². The zero-order valence-corrected chi connectivity index (χ0v) is 17.4. The van der Waals surface area contributed by atoms with Crippen molar-refractivity contribution in [2.45, 2.75) is 12.8 Å². The van der Waals surface area contributed by atoms with E-state index in [1.54, 1.807) is 41.6 Å². The molecular weight excluding hydrogens is 410 g/mol. The molecule has 0 bridgehead atoms. The summed E-state index contributed by atoms with van der Waals surface area (Å²) >= 11 is 0. The van der Waals surface area contributed by atoms with E-state index in [-0.39, 0.29) is 17.7 Å². The van der Waals surface area contributed by atoms with Crippen LogP contribution in [0.15, 0.2) is 48.8 Å². The zero-order chi connectivity index (χ0) is 21.9. The number of amides is 2. The van der Waals surface area contributed by atoms with Crippen molar-refractivity contribution in [3.05, 3.63) is 54.5 Å². The molecule has 1 saturated heterocycles. The van der Waals surface area contributed by atoms with Crippen molar-refractivity contribution >= 4 is 17.5 Å². The Morgan fingerprint density at radius 3 is 2.72 bits per heavy atom. The van der Waals surface area contributed by atoms with E-state index in [1.807, 2.05) is 12.1 Å². The number of likely N-dealkylation sites (tertiary alicyclic amines) is 1. The van der Waals surface area contributed by atoms with Crippen LogP contribution in [0.1, 0.15) is 23.3 Å². The van der Waals surface area contributed by atoms with Gasteiger partial charge in [-0.25, -0.2) is 0 Å². The summed E-state index contributed by atoms with van der Waals surface area (Å²) in [4.78, 5) is 31.6. The zero-order valence-electron chi connectivity index (χ0n) is 17.4. The molecule has 1 atom stereocenters. The topological polar surface area (TPSA) is 109 Å². The van der Waals surface area contributed by atoms with Gasteiger partial charge < -0.3 is 19.7 Å². The fourth-order valence-electron chi connectivity index (χ4n) is 4.01. The SMILES string of the molecule is O=C(Nc1ccc2c(c1)OCCO2)[C@@H]1CCCN(C(=O)c2cc(-c3ccncc3)n[nH]2)C1. The molecule has 164 valence electrons. The van der Waals surface area contributed by atoms with Gasteiger partial charge in [0.15, 0.2) is 11.5 Å². The lowest BCUT2D eigenvalue weighted by Crippen LogP contribution is -2.43. The van der Waals surface area contributed by atoms with Crippen molar-refractivity contribution in [3.63, 3.8) is 0 Å². The number of aromatic nitrogens is 3. The Bertz CT molecular complexity index is 1130.